The molecule has 2 heterocycles. The first-order chi connectivity index (χ1) is 10.9. The van der Waals surface area contributed by atoms with Crippen LogP contribution in [0.15, 0.2) is 23.5 Å². The molecule has 0 atom stereocenters. The number of nitrogens with one attached hydrogen (secondary N) is 2. The summed E-state index contributed by atoms with van der Waals surface area (Å²) in [4.78, 5) is 7.17. The number of hydrogen-bond donors (Lipinski definition) is 2. The van der Waals surface area contributed by atoms with Crippen LogP contribution in [0, 0.1) is 0 Å². The maximum atomic E-state index is 4.62. The first-order valence-corrected chi connectivity index (χ1v) is 8.60. The molecule has 0 aromatic carbocycles. The number of guanidine groups is 1. The molecule has 1 aliphatic heterocycles. The fourth-order valence-electron chi connectivity index (χ4n) is 2.71. The summed E-state index contributed by atoms with van der Waals surface area (Å²) in [5.41, 5.74) is 0. The molecule has 0 saturated carbocycles. The molecule has 0 bridgehead atoms. The molecule has 124 valence electrons. The van der Waals surface area contributed by atoms with Gasteiger partial charge in [0.05, 0.1) is 0 Å². The highest BCUT2D eigenvalue weighted by atomic mass is 15.3. The lowest BCUT2D eigenvalue weighted by Gasteiger charge is -2.15. The van der Waals surface area contributed by atoms with Gasteiger partial charge in [-0.1, -0.05) is 0 Å². The van der Waals surface area contributed by atoms with E-state index in [0.717, 1.165) is 38.6 Å². The Balaban J connectivity index is 1.59. The van der Waals surface area contributed by atoms with Gasteiger partial charge in [0.15, 0.2) is 5.96 Å². The van der Waals surface area contributed by atoms with Gasteiger partial charge in [-0.25, -0.2) is 0 Å². The summed E-state index contributed by atoms with van der Waals surface area (Å²) in [6.45, 7) is 9.49. The minimum absolute atomic E-state index is 0.821. The van der Waals surface area contributed by atoms with Crippen LogP contribution in [0.3, 0.4) is 0 Å². The van der Waals surface area contributed by atoms with Gasteiger partial charge < -0.3 is 15.5 Å². The minimum Gasteiger partial charge on any atom is -0.357 e. The summed E-state index contributed by atoms with van der Waals surface area (Å²) in [5.74, 6) is 0.935. The Morgan fingerprint density at radius 2 is 2.05 bits per heavy atom. The van der Waals surface area contributed by atoms with Crippen molar-refractivity contribution in [3.8, 4) is 0 Å². The summed E-state index contributed by atoms with van der Waals surface area (Å²) in [5, 5.41) is 10.9. The van der Waals surface area contributed by atoms with Crippen molar-refractivity contribution in [2.75, 3.05) is 39.3 Å². The van der Waals surface area contributed by atoms with Crippen molar-refractivity contribution < 1.29 is 0 Å². The zero-order chi connectivity index (χ0) is 15.5. The standard InChI is InChI=1S/C16H30N6/c1-2-17-16(18-8-5-13-21-11-3-4-12-21)19-9-6-14-22-15-7-10-20-22/h7,10,15H,2-6,8-9,11-14H2,1H3,(H2,17,18,19). The van der Waals surface area contributed by atoms with Crippen LogP contribution in [0.2, 0.25) is 0 Å². The lowest BCUT2D eigenvalue weighted by molar-refractivity contribution is 0.334. The summed E-state index contributed by atoms with van der Waals surface area (Å²) < 4.78 is 1.95. The van der Waals surface area contributed by atoms with Crippen LogP contribution in [0.25, 0.3) is 0 Å². The minimum atomic E-state index is 0.821. The number of rotatable bonds is 9. The molecule has 1 aromatic rings. The second-order valence-electron chi connectivity index (χ2n) is 5.71. The van der Waals surface area contributed by atoms with E-state index in [9.17, 15) is 0 Å². The molecule has 22 heavy (non-hydrogen) atoms. The number of aryl methyl sites for hydroxylation is 1. The third-order valence-corrected chi connectivity index (χ3v) is 3.86. The maximum absolute atomic E-state index is 4.62. The van der Waals surface area contributed by atoms with E-state index in [0.29, 0.717) is 0 Å². The van der Waals surface area contributed by atoms with E-state index >= 15 is 0 Å². The number of aromatic nitrogens is 2. The fraction of sp³-hybridized carbons (Fsp3) is 0.750. The summed E-state index contributed by atoms with van der Waals surface area (Å²) >= 11 is 0. The normalized spacial score (nSPS) is 16.1. The third kappa shape index (κ3) is 6.47. The number of likely N-dealkylation sites (tertiary alicyclic amines) is 1. The average Bonchev–Trinajstić information content (AvgIpc) is 3.21. The average molecular weight is 306 g/mol. The molecule has 0 aliphatic carbocycles. The van der Waals surface area contributed by atoms with Gasteiger partial charge in [0, 0.05) is 38.6 Å². The second-order valence-corrected chi connectivity index (χ2v) is 5.71. The van der Waals surface area contributed by atoms with Crippen molar-refractivity contribution in [2.24, 2.45) is 4.99 Å². The first kappa shape index (κ1) is 16.8. The van der Waals surface area contributed by atoms with Crippen LogP contribution in [-0.2, 0) is 6.54 Å². The zero-order valence-electron chi connectivity index (χ0n) is 13.8. The molecular weight excluding hydrogens is 276 g/mol. The molecular formula is C16H30N6. The van der Waals surface area contributed by atoms with Gasteiger partial charge in [-0.05, 0) is 58.3 Å². The Labute approximate surface area is 134 Å². The molecule has 1 fully saturated rings. The lowest BCUT2D eigenvalue weighted by atomic mass is 10.4. The third-order valence-electron chi connectivity index (χ3n) is 3.86. The van der Waals surface area contributed by atoms with E-state index < -0.39 is 0 Å². The van der Waals surface area contributed by atoms with Crippen molar-refractivity contribution in [2.45, 2.75) is 39.2 Å². The Bertz CT molecular complexity index is 408. The van der Waals surface area contributed by atoms with Crippen molar-refractivity contribution >= 4 is 5.96 Å². The highest BCUT2D eigenvalue weighted by Crippen LogP contribution is 2.06. The number of nitrogens with zero attached hydrogens (tertiary/aromatic N) is 4. The van der Waals surface area contributed by atoms with E-state index in [1.807, 2.05) is 23.1 Å². The topological polar surface area (TPSA) is 57.5 Å². The van der Waals surface area contributed by atoms with E-state index in [1.165, 1.54) is 38.9 Å². The van der Waals surface area contributed by atoms with Gasteiger partial charge in [0.1, 0.15) is 0 Å². The zero-order valence-corrected chi connectivity index (χ0v) is 13.8. The summed E-state index contributed by atoms with van der Waals surface area (Å²) in [6, 6.07) is 1.95. The summed E-state index contributed by atoms with van der Waals surface area (Å²) in [7, 11) is 0. The molecule has 1 aromatic heterocycles. The van der Waals surface area contributed by atoms with Crippen LogP contribution in [0.4, 0.5) is 0 Å². The Morgan fingerprint density at radius 3 is 2.77 bits per heavy atom. The molecule has 2 N–H and O–H groups in total. The van der Waals surface area contributed by atoms with Crippen molar-refractivity contribution in [3.63, 3.8) is 0 Å². The van der Waals surface area contributed by atoms with Crippen molar-refractivity contribution in [1.82, 2.24) is 25.3 Å². The van der Waals surface area contributed by atoms with Crippen molar-refractivity contribution in [3.05, 3.63) is 18.5 Å². The Morgan fingerprint density at radius 1 is 1.18 bits per heavy atom. The van der Waals surface area contributed by atoms with E-state index in [4.69, 9.17) is 0 Å². The molecule has 0 radical (unpaired) electrons. The van der Waals surface area contributed by atoms with E-state index in [2.05, 4.69) is 32.5 Å². The monoisotopic (exact) mass is 306 g/mol. The van der Waals surface area contributed by atoms with Gasteiger partial charge in [-0.3, -0.25) is 9.67 Å². The first-order valence-electron chi connectivity index (χ1n) is 8.60. The smallest absolute Gasteiger partial charge is 0.191 e. The highest BCUT2D eigenvalue weighted by Gasteiger charge is 2.10. The number of hydrogen-bond acceptors (Lipinski definition) is 3. The fourth-order valence-corrected chi connectivity index (χ4v) is 2.71. The van der Waals surface area contributed by atoms with Gasteiger partial charge >= 0.3 is 0 Å². The van der Waals surface area contributed by atoms with Crippen LogP contribution < -0.4 is 10.6 Å². The maximum Gasteiger partial charge on any atom is 0.191 e. The predicted octanol–water partition coefficient (Wildman–Crippen LogP) is 1.31. The highest BCUT2D eigenvalue weighted by molar-refractivity contribution is 5.79. The molecule has 0 amide bonds. The number of aliphatic imine (C=N–C) groups is 1. The predicted molar refractivity (Wildman–Crippen MR) is 91.1 cm³/mol. The Kier molecular flexibility index (Phi) is 7.80. The van der Waals surface area contributed by atoms with E-state index in [1.54, 1.807) is 0 Å². The molecule has 2 rings (SSSR count). The van der Waals surface area contributed by atoms with Crippen molar-refractivity contribution in [1.29, 1.82) is 0 Å². The summed E-state index contributed by atoms with van der Waals surface area (Å²) in [6.07, 6.45) is 8.73. The molecule has 1 aliphatic rings. The van der Waals surface area contributed by atoms with Crippen LogP contribution >= 0.6 is 0 Å². The van der Waals surface area contributed by atoms with Gasteiger partial charge in [0.25, 0.3) is 0 Å². The molecule has 1 saturated heterocycles. The SMILES string of the molecule is CCNC(=NCCCn1cccn1)NCCCN1CCCC1. The Hall–Kier alpha value is -1.56. The van der Waals surface area contributed by atoms with Crippen LogP contribution in [0.1, 0.15) is 32.6 Å². The van der Waals surface area contributed by atoms with Gasteiger partial charge in [0.2, 0.25) is 0 Å². The van der Waals surface area contributed by atoms with Crippen LogP contribution in [-0.4, -0.2) is 59.9 Å². The second kappa shape index (κ2) is 10.2. The molecule has 6 heteroatoms. The van der Waals surface area contributed by atoms with Gasteiger partial charge in [-0.2, -0.15) is 5.10 Å². The van der Waals surface area contributed by atoms with Crippen LogP contribution in [0.5, 0.6) is 0 Å². The molecule has 0 unspecified atom stereocenters. The largest absolute Gasteiger partial charge is 0.357 e. The quantitative estimate of drug-likeness (QED) is 0.410. The molecule has 6 nitrogen and oxygen atoms in total. The lowest BCUT2D eigenvalue weighted by Crippen LogP contribution is -2.38. The van der Waals surface area contributed by atoms with Gasteiger partial charge in [-0.15, -0.1) is 0 Å². The molecule has 0 spiro atoms. The van der Waals surface area contributed by atoms with E-state index in [-0.39, 0.29) is 0 Å².